The van der Waals surface area contributed by atoms with E-state index in [2.05, 4.69) is 10.2 Å². The third kappa shape index (κ3) is 5.61. The topological polar surface area (TPSA) is 73.2 Å². The van der Waals surface area contributed by atoms with Crippen molar-refractivity contribution >= 4 is 22.4 Å². The minimum atomic E-state index is -0.119. The van der Waals surface area contributed by atoms with Gasteiger partial charge in [0.2, 0.25) is 5.91 Å². The highest BCUT2D eigenvalue weighted by molar-refractivity contribution is 6.00. The van der Waals surface area contributed by atoms with Crippen LogP contribution in [0.5, 0.6) is 11.5 Å². The van der Waals surface area contributed by atoms with Crippen LogP contribution in [0.2, 0.25) is 0 Å². The molecule has 3 aromatic rings. The molecular weight excluding hydrogens is 432 g/mol. The monoisotopic (exact) mass is 464 g/mol. The second-order valence-corrected chi connectivity index (χ2v) is 8.23. The molecule has 1 aromatic heterocycles. The second-order valence-electron chi connectivity index (χ2n) is 8.23. The van der Waals surface area contributed by atoms with Crippen LogP contribution in [0.4, 0.5) is 0 Å². The van der Waals surface area contributed by atoms with Gasteiger partial charge in [0, 0.05) is 54.8 Å². The number of hydrogen-bond acceptors (Lipinski definition) is 6. The highest BCUT2D eigenvalue weighted by Crippen LogP contribution is 2.37. The zero-order valence-electron chi connectivity index (χ0n) is 20.1. The van der Waals surface area contributed by atoms with Gasteiger partial charge in [0.25, 0.3) is 0 Å². The maximum atomic E-state index is 12.6. The van der Waals surface area contributed by atoms with E-state index in [9.17, 15) is 4.79 Å². The maximum Gasteiger partial charge on any atom is 0.244 e. The molecule has 4 rings (SSSR count). The molecule has 0 radical (unpaired) electrons. The van der Waals surface area contributed by atoms with Crippen LogP contribution in [0.25, 0.3) is 27.7 Å². The average Bonchev–Trinajstić information content (AvgIpc) is 3.27. The first kappa shape index (κ1) is 23.9. The standard InChI is InChI=1S/C27H32N2O5/c1-4-33-21-7-5-20(6-8-21)24-18-34-26-17-25(31-3)22(16-23(24)26)19(2)15-27(30)28-9-10-29-11-13-32-14-12-29/h5-8,15-18H,4,9-14H2,1-3H3,(H,28,30)/b19-15+. The summed E-state index contributed by atoms with van der Waals surface area (Å²) in [5, 5.41) is 3.94. The first-order valence-electron chi connectivity index (χ1n) is 11.7. The highest BCUT2D eigenvalue weighted by Gasteiger charge is 2.15. The summed E-state index contributed by atoms with van der Waals surface area (Å²) < 4.78 is 22.3. The summed E-state index contributed by atoms with van der Waals surface area (Å²) >= 11 is 0. The van der Waals surface area contributed by atoms with Crippen LogP contribution < -0.4 is 14.8 Å². The average molecular weight is 465 g/mol. The fourth-order valence-electron chi connectivity index (χ4n) is 4.14. The molecule has 7 nitrogen and oxygen atoms in total. The van der Waals surface area contributed by atoms with Crippen molar-refractivity contribution in [3.63, 3.8) is 0 Å². The van der Waals surface area contributed by atoms with Gasteiger partial charge >= 0.3 is 0 Å². The summed E-state index contributed by atoms with van der Waals surface area (Å²) in [4.78, 5) is 14.8. The third-order valence-corrected chi connectivity index (χ3v) is 5.98. The van der Waals surface area contributed by atoms with Gasteiger partial charge in [-0.05, 0) is 43.2 Å². The summed E-state index contributed by atoms with van der Waals surface area (Å²) in [6.07, 6.45) is 3.38. The van der Waals surface area contributed by atoms with E-state index in [-0.39, 0.29) is 5.91 Å². The lowest BCUT2D eigenvalue weighted by atomic mass is 9.99. The van der Waals surface area contributed by atoms with E-state index in [1.54, 1.807) is 19.4 Å². The number of rotatable bonds is 9. The van der Waals surface area contributed by atoms with E-state index in [1.807, 2.05) is 50.2 Å². The van der Waals surface area contributed by atoms with Crippen molar-refractivity contribution in [3.05, 3.63) is 54.3 Å². The number of carbonyl (C=O) groups excluding carboxylic acids is 1. The van der Waals surface area contributed by atoms with Crippen molar-refractivity contribution in [2.24, 2.45) is 0 Å². The Morgan fingerprint density at radius 1 is 1.18 bits per heavy atom. The summed E-state index contributed by atoms with van der Waals surface area (Å²) in [6.45, 7) is 9.24. The molecule has 0 aliphatic carbocycles. The molecule has 0 bridgehead atoms. The van der Waals surface area contributed by atoms with Crippen LogP contribution in [0.15, 0.2) is 53.2 Å². The van der Waals surface area contributed by atoms with Gasteiger partial charge in [-0.3, -0.25) is 9.69 Å². The summed E-state index contributed by atoms with van der Waals surface area (Å²) in [7, 11) is 1.62. The molecule has 1 aliphatic rings. The van der Waals surface area contributed by atoms with Gasteiger partial charge in [-0.2, -0.15) is 0 Å². The van der Waals surface area contributed by atoms with Gasteiger partial charge in [-0.25, -0.2) is 0 Å². The van der Waals surface area contributed by atoms with Gasteiger partial charge < -0.3 is 23.9 Å². The largest absolute Gasteiger partial charge is 0.496 e. The lowest BCUT2D eigenvalue weighted by molar-refractivity contribution is -0.116. The zero-order valence-corrected chi connectivity index (χ0v) is 20.1. The Bertz CT molecular complexity index is 1140. The predicted molar refractivity (Wildman–Crippen MR) is 133 cm³/mol. The molecule has 0 unspecified atom stereocenters. The third-order valence-electron chi connectivity index (χ3n) is 5.98. The smallest absolute Gasteiger partial charge is 0.244 e. The van der Waals surface area contributed by atoms with Crippen molar-refractivity contribution in [1.29, 1.82) is 0 Å². The Morgan fingerprint density at radius 2 is 1.94 bits per heavy atom. The van der Waals surface area contributed by atoms with Crippen LogP contribution in [0.1, 0.15) is 19.4 Å². The lowest BCUT2D eigenvalue weighted by Crippen LogP contribution is -2.41. The first-order valence-corrected chi connectivity index (χ1v) is 11.7. The molecule has 1 aliphatic heterocycles. The zero-order chi connectivity index (χ0) is 23.9. The molecule has 7 heteroatoms. The molecule has 1 amide bonds. The molecule has 2 heterocycles. The highest BCUT2D eigenvalue weighted by atomic mass is 16.5. The SMILES string of the molecule is CCOc1ccc(-c2coc3cc(OC)c(/C(C)=C/C(=O)NCCN4CCOCC4)cc23)cc1. The fourth-order valence-corrected chi connectivity index (χ4v) is 4.14. The molecule has 34 heavy (non-hydrogen) atoms. The van der Waals surface area contributed by atoms with Crippen LogP contribution in [0, 0.1) is 0 Å². The number of fused-ring (bicyclic) bond motifs is 1. The minimum absolute atomic E-state index is 0.119. The maximum absolute atomic E-state index is 12.6. The number of benzene rings is 2. The number of amides is 1. The molecule has 180 valence electrons. The first-order chi connectivity index (χ1) is 16.6. The molecule has 1 N–H and O–H groups in total. The van der Waals surface area contributed by atoms with Crippen LogP contribution in [-0.2, 0) is 9.53 Å². The van der Waals surface area contributed by atoms with Gasteiger partial charge in [0.15, 0.2) is 0 Å². The number of carbonyl (C=O) groups is 1. The summed E-state index contributed by atoms with van der Waals surface area (Å²) in [5.74, 6) is 1.38. The van der Waals surface area contributed by atoms with Gasteiger partial charge in [0.1, 0.15) is 17.1 Å². The van der Waals surface area contributed by atoms with E-state index in [0.29, 0.717) is 18.9 Å². The number of nitrogens with zero attached hydrogens (tertiary/aromatic N) is 1. The van der Waals surface area contributed by atoms with Crippen LogP contribution in [-0.4, -0.2) is 63.9 Å². The molecule has 0 atom stereocenters. The van der Waals surface area contributed by atoms with E-state index < -0.39 is 0 Å². The van der Waals surface area contributed by atoms with Gasteiger partial charge in [0.05, 0.1) is 33.2 Å². The van der Waals surface area contributed by atoms with Crippen molar-refractivity contribution in [2.45, 2.75) is 13.8 Å². The number of methoxy groups -OCH3 is 1. The number of morpholine rings is 1. The van der Waals surface area contributed by atoms with E-state index in [4.69, 9.17) is 18.6 Å². The van der Waals surface area contributed by atoms with Crippen molar-refractivity contribution in [2.75, 3.05) is 53.1 Å². The number of ether oxygens (including phenoxy) is 3. The molecule has 0 spiro atoms. The molecule has 1 saturated heterocycles. The number of nitrogens with one attached hydrogen (secondary N) is 1. The summed E-state index contributed by atoms with van der Waals surface area (Å²) in [6, 6.07) is 11.8. The molecular formula is C27H32N2O5. The van der Waals surface area contributed by atoms with E-state index in [1.165, 1.54) is 0 Å². The van der Waals surface area contributed by atoms with Crippen molar-refractivity contribution in [1.82, 2.24) is 10.2 Å². The minimum Gasteiger partial charge on any atom is -0.496 e. The Kier molecular flexibility index (Phi) is 7.87. The normalized spacial score (nSPS) is 14.9. The quantitative estimate of drug-likeness (QED) is 0.475. The molecule has 2 aromatic carbocycles. The van der Waals surface area contributed by atoms with Crippen molar-refractivity contribution in [3.8, 4) is 22.6 Å². The number of hydrogen-bond donors (Lipinski definition) is 1. The van der Waals surface area contributed by atoms with E-state index in [0.717, 1.165) is 71.8 Å². The predicted octanol–water partition coefficient (Wildman–Crippen LogP) is 4.36. The van der Waals surface area contributed by atoms with Crippen LogP contribution >= 0.6 is 0 Å². The van der Waals surface area contributed by atoms with E-state index >= 15 is 0 Å². The van der Waals surface area contributed by atoms with Crippen LogP contribution in [0.3, 0.4) is 0 Å². The lowest BCUT2D eigenvalue weighted by Gasteiger charge is -2.26. The molecule has 0 saturated carbocycles. The molecule has 1 fully saturated rings. The Balaban J connectivity index is 1.53. The number of allylic oxidation sites excluding steroid dienone is 1. The Labute approximate surface area is 200 Å². The van der Waals surface area contributed by atoms with Crippen molar-refractivity contribution < 1.29 is 23.4 Å². The summed E-state index contributed by atoms with van der Waals surface area (Å²) in [5.41, 5.74) is 4.41. The van der Waals surface area contributed by atoms with Gasteiger partial charge in [-0.1, -0.05) is 12.1 Å². The number of furan rings is 1. The second kappa shape index (κ2) is 11.2. The Hall–Kier alpha value is -3.29. The Morgan fingerprint density at radius 3 is 2.65 bits per heavy atom. The van der Waals surface area contributed by atoms with Gasteiger partial charge in [-0.15, -0.1) is 0 Å². The fraction of sp³-hybridized carbons (Fsp3) is 0.370.